The van der Waals surface area contributed by atoms with E-state index < -0.39 is 11.9 Å². The van der Waals surface area contributed by atoms with Gasteiger partial charge in [0.25, 0.3) is 0 Å². The summed E-state index contributed by atoms with van der Waals surface area (Å²) in [4.78, 5) is 0. The molecule has 0 aliphatic rings. The Balaban J connectivity index is 0.000000331. The maximum atomic E-state index is 11.7. The van der Waals surface area contributed by atoms with Crippen molar-refractivity contribution in [3.05, 3.63) is 59.1 Å². The normalized spacial score (nSPS) is 10.2. The molecule has 0 atom stereocenters. The number of hydrogen-bond acceptors (Lipinski definition) is 1. The number of aromatic amines is 1. The summed E-state index contributed by atoms with van der Waals surface area (Å²) >= 11 is 0. The van der Waals surface area contributed by atoms with Crippen LogP contribution in [0.4, 0.5) is 13.2 Å². The van der Waals surface area contributed by atoms with Gasteiger partial charge in [0.05, 0.1) is 0 Å². The first-order chi connectivity index (χ1) is 8.43. The van der Waals surface area contributed by atoms with Crippen molar-refractivity contribution >= 4 is 0 Å². The summed E-state index contributed by atoms with van der Waals surface area (Å²) in [5, 5.41) is 5.24. The van der Waals surface area contributed by atoms with E-state index in [9.17, 15) is 13.2 Å². The van der Waals surface area contributed by atoms with Crippen LogP contribution in [0.25, 0.3) is 5.73 Å². The topological polar surface area (TPSA) is 52.5 Å². The summed E-state index contributed by atoms with van der Waals surface area (Å²) in [7, 11) is 0. The number of halogens is 3. The van der Waals surface area contributed by atoms with Gasteiger partial charge in [0.2, 0.25) is 0 Å². The van der Waals surface area contributed by atoms with Gasteiger partial charge in [-0.3, -0.25) is 5.10 Å². The van der Waals surface area contributed by atoms with Crippen LogP contribution in [0.3, 0.4) is 0 Å². The SMILES string of the molecule is Cc1cc(C(F)(F)F)n[nH]1.[NH-]Cc1ccccc1.[V]. The van der Waals surface area contributed by atoms with Crippen molar-refractivity contribution in [2.45, 2.75) is 19.6 Å². The van der Waals surface area contributed by atoms with Gasteiger partial charge in [0.15, 0.2) is 5.69 Å². The maximum absolute atomic E-state index is 11.7. The number of benzene rings is 1. The molecule has 0 saturated heterocycles. The molecule has 1 heterocycles. The number of alkyl halides is 3. The molecule has 0 saturated carbocycles. The first-order valence-electron chi connectivity index (χ1n) is 5.21. The molecule has 7 heteroatoms. The summed E-state index contributed by atoms with van der Waals surface area (Å²) in [6.07, 6.45) is -4.33. The Morgan fingerprint density at radius 2 is 1.79 bits per heavy atom. The van der Waals surface area contributed by atoms with Gasteiger partial charge in [-0.05, 0) is 13.0 Å². The van der Waals surface area contributed by atoms with E-state index in [2.05, 4.69) is 10.2 Å². The first kappa shape index (κ1) is 17.8. The third-order valence-electron chi connectivity index (χ3n) is 2.04. The van der Waals surface area contributed by atoms with Gasteiger partial charge in [-0.15, -0.1) is 6.54 Å². The van der Waals surface area contributed by atoms with Gasteiger partial charge in [0.1, 0.15) is 0 Å². The average molecular weight is 307 g/mol. The number of aryl methyl sites for hydroxylation is 1. The van der Waals surface area contributed by atoms with Crippen molar-refractivity contribution in [3.63, 3.8) is 0 Å². The van der Waals surface area contributed by atoms with E-state index in [1.165, 1.54) is 6.92 Å². The van der Waals surface area contributed by atoms with E-state index in [1.54, 1.807) is 0 Å². The molecule has 1 radical (unpaired) electrons. The molecular formula is C12H13F3N3V-. The molecule has 0 amide bonds. The molecule has 0 unspecified atom stereocenters. The van der Waals surface area contributed by atoms with Crippen molar-refractivity contribution in [1.82, 2.24) is 10.2 Å². The fraction of sp³-hybridized carbons (Fsp3) is 0.250. The average Bonchev–Trinajstić information content (AvgIpc) is 2.78. The van der Waals surface area contributed by atoms with E-state index in [0.29, 0.717) is 12.2 Å². The van der Waals surface area contributed by atoms with Crippen LogP contribution < -0.4 is 0 Å². The van der Waals surface area contributed by atoms with Crippen molar-refractivity contribution in [2.24, 2.45) is 0 Å². The molecule has 103 valence electrons. The smallest absolute Gasteiger partial charge is 0.435 e. The molecule has 2 N–H and O–H groups in total. The second kappa shape index (κ2) is 8.04. The second-order valence-electron chi connectivity index (χ2n) is 3.60. The van der Waals surface area contributed by atoms with Crippen LogP contribution in [0.2, 0.25) is 0 Å². The molecule has 2 aromatic rings. The van der Waals surface area contributed by atoms with Crippen LogP contribution >= 0.6 is 0 Å². The zero-order chi connectivity index (χ0) is 13.6. The molecule has 1 aromatic heterocycles. The van der Waals surface area contributed by atoms with E-state index >= 15 is 0 Å². The van der Waals surface area contributed by atoms with Crippen LogP contribution in [-0.2, 0) is 31.3 Å². The number of nitrogens with one attached hydrogen (secondary N) is 2. The third kappa shape index (κ3) is 6.47. The summed E-state index contributed by atoms with van der Waals surface area (Å²) in [6.45, 7) is 1.91. The zero-order valence-corrected chi connectivity index (χ0v) is 11.6. The Hall–Kier alpha value is -1.24. The second-order valence-corrected chi connectivity index (χ2v) is 3.60. The number of nitrogens with zero attached hydrogens (tertiary/aromatic N) is 1. The van der Waals surface area contributed by atoms with E-state index in [4.69, 9.17) is 5.73 Å². The largest absolute Gasteiger partial charge is 0.674 e. The first-order valence-corrected chi connectivity index (χ1v) is 5.21. The van der Waals surface area contributed by atoms with E-state index in [-0.39, 0.29) is 18.6 Å². The standard InChI is InChI=1S/C7H8N.C5H5F3N2.V/c8-6-7-4-2-1-3-5-7;1-3-2-4(10-9-3)5(6,7)8;/h1-5,8H,6H2;2H,1H3,(H,9,10);/q-1;;. The molecule has 0 fully saturated rings. The Morgan fingerprint density at radius 3 is 2.05 bits per heavy atom. The van der Waals surface area contributed by atoms with Crippen molar-refractivity contribution < 1.29 is 31.7 Å². The number of hydrogen-bond donors (Lipinski definition) is 1. The monoisotopic (exact) mass is 307 g/mol. The Labute approximate surface area is 121 Å². The van der Waals surface area contributed by atoms with Crippen molar-refractivity contribution in [1.29, 1.82) is 0 Å². The van der Waals surface area contributed by atoms with Crippen LogP contribution in [-0.4, -0.2) is 10.2 Å². The minimum atomic E-state index is -4.33. The summed E-state index contributed by atoms with van der Waals surface area (Å²) in [5.74, 6) is 0. The fourth-order valence-electron chi connectivity index (χ4n) is 1.16. The molecule has 0 bridgehead atoms. The minimum Gasteiger partial charge on any atom is -0.674 e. The molecule has 0 spiro atoms. The van der Waals surface area contributed by atoms with Gasteiger partial charge >= 0.3 is 6.18 Å². The van der Waals surface area contributed by atoms with E-state index in [0.717, 1.165) is 11.6 Å². The quantitative estimate of drug-likeness (QED) is 0.851. The predicted octanol–water partition coefficient (Wildman–Crippen LogP) is 3.97. The third-order valence-corrected chi connectivity index (χ3v) is 2.04. The van der Waals surface area contributed by atoms with Crippen molar-refractivity contribution in [2.75, 3.05) is 0 Å². The summed E-state index contributed by atoms with van der Waals surface area (Å²) in [6, 6.07) is 10.7. The van der Waals surface area contributed by atoms with Gasteiger partial charge in [-0.1, -0.05) is 35.9 Å². The predicted molar refractivity (Wildman–Crippen MR) is 62.8 cm³/mol. The Morgan fingerprint density at radius 1 is 1.21 bits per heavy atom. The maximum Gasteiger partial charge on any atom is 0.435 e. The summed E-state index contributed by atoms with van der Waals surface area (Å²) in [5.41, 5.74) is 7.56. The molecular weight excluding hydrogens is 294 g/mol. The molecule has 1 aromatic carbocycles. The molecule has 3 nitrogen and oxygen atoms in total. The Bertz CT molecular complexity index is 469. The fourth-order valence-corrected chi connectivity index (χ4v) is 1.16. The van der Waals surface area contributed by atoms with Gasteiger partial charge in [-0.25, -0.2) is 0 Å². The number of aromatic nitrogens is 2. The Kier molecular flexibility index (Phi) is 7.52. The summed E-state index contributed by atoms with van der Waals surface area (Å²) < 4.78 is 35.2. The van der Waals surface area contributed by atoms with Gasteiger partial charge in [-0.2, -0.15) is 18.3 Å². The molecule has 0 aliphatic carbocycles. The van der Waals surface area contributed by atoms with Crippen LogP contribution in [0.5, 0.6) is 0 Å². The van der Waals surface area contributed by atoms with Crippen LogP contribution in [0.1, 0.15) is 17.0 Å². The van der Waals surface area contributed by atoms with Gasteiger partial charge < -0.3 is 5.73 Å². The van der Waals surface area contributed by atoms with Crippen LogP contribution in [0, 0.1) is 6.92 Å². The number of H-pyrrole nitrogens is 1. The van der Waals surface area contributed by atoms with Gasteiger partial charge in [0, 0.05) is 24.2 Å². The number of rotatable bonds is 1. The van der Waals surface area contributed by atoms with E-state index in [1.807, 2.05) is 30.3 Å². The van der Waals surface area contributed by atoms with Crippen LogP contribution in [0.15, 0.2) is 36.4 Å². The molecule has 19 heavy (non-hydrogen) atoms. The van der Waals surface area contributed by atoms with Crippen molar-refractivity contribution in [3.8, 4) is 0 Å². The zero-order valence-electron chi connectivity index (χ0n) is 10.2. The molecule has 0 aliphatic heterocycles. The minimum absolute atomic E-state index is 0. The molecule has 2 rings (SSSR count).